The minimum atomic E-state index is -0.323. The lowest BCUT2D eigenvalue weighted by Crippen LogP contribution is -2.41. The molecule has 0 bridgehead atoms. The minimum absolute atomic E-state index is 0.0940. The highest BCUT2D eigenvalue weighted by Crippen LogP contribution is 2.19. The number of hydrogen-bond donors (Lipinski definition) is 1. The van der Waals surface area contributed by atoms with Crippen LogP contribution in [0.1, 0.15) is 18.3 Å². The lowest BCUT2D eigenvalue weighted by atomic mass is 10.2. The van der Waals surface area contributed by atoms with Crippen LogP contribution in [0.4, 0.5) is 10.1 Å². The maximum Gasteiger partial charge on any atom is 0.241 e. The summed E-state index contributed by atoms with van der Waals surface area (Å²) in [4.78, 5) is 14.4. The molecule has 1 unspecified atom stereocenters. The van der Waals surface area contributed by atoms with E-state index in [1.54, 1.807) is 16.8 Å². The van der Waals surface area contributed by atoms with Crippen molar-refractivity contribution in [2.75, 3.05) is 25.5 Å². The second-order valence-corrected chi connectivity index (χ2v) is 6.12. The van der Waals surface area contributed by atoms with Gasteiger partial charge in [0.05, 0.1) is 23.1 Å². The van der Waals surface area contributed by atoms with Crippen molar-refractivity contribution in [2.45, 2.75) is 26.8 Å². The van der Waals surface area contributed by atoms with E-state index in [-0.39, 0.29) is 17.8 Å². The van der Waals surface area contributed by atoms with Crippen LogP contribution in [0, 0.1) is 19.7 Å². The van der Waals surface area contributed by atoms with Crippen molar-refractivity contribution < 1.29 is 13.9 Å². The van der Waals surface area contributed by atoms with E-state index in [1.165, 1.54) is 12.1 Å². The summed E-state index contributed by atoms with van der Waals surface area (Å²) in [7, 11) is 3.71. The van der Waals surface area contributed by atoms with E-state index >= 15 is 0 Å². The summed E-state index contributed by atoms with van der Waals surface area (Å²) in [6, 6.07) is 5.55. The molecule has 2 rings (SSSR count). The monoisotopic (exact) mass is 348 g/mol. The van der Waals surface area contributed by atoms with Gasteiger partial charge in [-0.05, 0) is 52.1 Å². The van der Waals surface area contributed by atoms with Crippen LogP contribution in [0.5, 0.6) is 5.75 Å². The molecule has 0 aliphatic heterocycles. The Hall–Kier alpha value is -2.41. The highest BCUT2D eigenvalue weighted by Gasteiger charge is 2.20. The predicted octanol–water partition coefficient (Wildman–Crippen LogP) is 2.51. The van der Waals surface area contributed by atoms with Gasteiger partial charge in [0, 0.05) is 13.6 Å². The van der Waals surface area contributed by atoms with Crippen LogP contribution < -0.4 is 10.1 Å². The number of aromatic nitrogens is 2. The number of nitrogens with one attached hydrogen (secondary N) is 1. The molecule has 1 N–H and O–H groups in total. The quantitative estimate of drug-likeness (QED) is 0.835. The number of rotatable bonds is 7. The van der Waals surface area contributed by atoms with Gasteiger partial charge in [0.25, 0.3) is 0 Å². The normalized spacial score (nSPS) is 12.3. The molecule has 1 atom stereocenters. The fraction of sp³-hybridized carbons (Fsp3) is 0.444. The van der Waals surface area contributed by atoms with Crippen molar-refractivity contribution in [3.63, 3.8) is 0 Å². The van der Waals surface area contributed by atoms with Gasteiger partial charge in [0.1, 0.15) is 18.2 Å². The van der Waals surface area contributed by atoms with E-state index in [2.05, 4.69) is 10.4 Å². The number of carbonyl (C=O) groups is 1. The molecular formula is C18H25FN4O2. The Kier molecular flexibility index (Phi) is 6.14. The van der Waals surface area contributed by atoms with E-state index in [9.17, 15) is 9.18 Å². The predicted molar refractivity (Wildman–Crippen MR) is 95.3 cm³/mol. The van der Waals surface area contributed by atoms with Crippen molar-refractivity contribution in [3.8, 4) is 5.75 Å². The van der Waals surface area contributed by atoms with Crippen molar-refractivity contribution in [1.29, 1.82) is 0 Å². The van der Waals surface area contributed by atoms with Crippen LogP contribution in [-0.2, 0) is 11.8 Å². The summed E-state index contributed by atoms with van der Waals surface area (Å²) < 4.78 is 20.2. The second-order valence-electron chi connectivity index (χ2n) is 6.12. The summed E-state index contributed by atoms with van der Waals surface area (Å²) in [6.07, 6.45) is 0. The van der Waals surface area contributed by atoms with Gasteiger partial charge in [0.2, 0.25) is 5.91 Å². The fourth-order valence-corrected chi connectivity index (χ4v) is 2.41. The van der Waals surface area contributed by atoms with Gasteiger partial charge < -0.3 is 10.1 Å². The first-order chi connectivity index (χ1) is 11.8. The number of nitrogens with zero attached hydrogens (tertiary/aromatic N) is 3. The molecule has 0 fully saturated rings. The fourth-order valence-electron chi connectivity index (χ4n) is 2.41. The number of halogens is 1. The molecule has 1 amide bonds. The maximum absolute atomic E-state index is 12.9. The number of carbonyl (C=O) groups excluding carboxylic acids is 1. The zero-order chi connectivity index (χ0) is 18.6. The summed E-state index contributed by atoms with van der Waals surface area (Å²) in [5.74, 6) is 0.216. The second kappa shape index (κ2) is 8.11. The topological polar surface area (TPSA) is 59.4 Å². The summed E-state index contributed by atoms with van der Waals surface area (Å²) in [6.45, 7) is 6.60. The molecule has 1 aromatic carbocycles. The van der Waals surface area contributed by atoms with Crippen molar-refractivity contribution >= 4 is 11.6 Å². The first-order valence-electron chi connectivity index (χ1n) is 8.19. The molecule has 1 aromatic heterocycles. The molecule has 0 saturated carbocycles. The van der Waals surface area contributed by atoms with Crippen LogP contribution in [0.2, 0.25) is 0 Å². The number of amides is 1. The third-order valence-corrected chi connectivity index (χ3v) is 4.32. The zero-order valence-electron chi connectivity index (χ0n) is 15.3. The van der Waals surface area contributed by atoms with Crippen LogP contribution in [0.3, 0.4) is 0 Å². The van der Waals surface area contributed by atoms with E-state index < -0.39 is 0 Å². The molecule has 6 nitrogen and oxygen atoms in total. The Morgan fingerprint density at radius 2 is 2.00 bits per heavy atom. The van der Waals surface area contributed by atoms with E-state index in [0.717, 1.165) is 17.1 Å². The van der Waals surface area contributed by atoms with E-state index in [4.69, 9.17) is 4.74 Å². The molecule has 2 aromatic rings. The van der Waals surface area contributed by atoms with Gasteiger partial charge in [-0.25, -0.2) is 4.39 Å². The number of benzene rings is 1. The third-order valence-electron chi connectivity index (χ3n) is 4.32. The molecule has 136 valence electrons. The average Bonchev–Trinajstić information content (AvgIpc) is 2.82. The molecule has 0 spiro atoms. The van der Waals surface area contributed by atoms with E-state index in [0.29, 0.717) is 18.9 Å². The van der Waals surface area contributed by atoms with Crippen molar-refractivity contribution in [3.05, 3.63) is 41.5 Å². The van der Waals surface area contributed by atoms with E-state index in [1.807, 2.05) is 39.8 Å². The smallest absolute Gasteiger partial charge is 0.241 e. The highest BCUT2D eigenvalue weighted by atomic mass is 19.1. The molecule has 0 radical (unpaired) electrons. The maximum atomic E-state index is 12.9. The Morgan fingerprint density at radius 3 is 2.56 bits per heavy atom. The number of anilines is 1. The molecule has 7 heteroatoms. The van der Waals surface area contributed by atoms with Gasteiger partial charge in [0.15, 0.2) is 0 Å². The number of ether oxygens (including phenoxy) is 1. The van der Waals surface area contributed by atoms with Gasteiger partial charge in [-0.1, -0.05) is 0 Å². The molecule has 0 saturated heterocycles. The lowest BCUT2D eigenvalue weighted by molar-refractivity contribution is -0.120. The van der Waals surface area contributed by atoms with Gasteiger partial charge in [-0.3, -0.25) is 14.4 Å². The minimum Gasteiger partial charge on any atom is -0.492 e. The summed E-state index contributed by atoms with van der Waals surface area (Å²) >= 11 is 0. The molecular weight excluding hydrogens is 323 g/mol. The SMILES string of the molecule is Cc1nn(C)c(C)c1NC(=O)C(C)N(C)CCOc1ccc(F)cc1. The Balaban J connectivity index is 1.85. The Labute approximate surface area is 147 Å². The number of hydrogen-bond acceptors (Lipinski definition) is 4. The van der Waals surface area contributed by atoms with Crippen LogP contribution in [-0.4, -0.2) is 46.8 Å². The zero-order valence-corrected chi connectivity index (χ0v) is 15.3. The van der Waals surface area contributed by atoms with Crippen LogP contribution in [0.15, 0.2) is 24.3 Å². The van der Waals surface area contributed by atoms with Gasteiger partial charge >= 0.3 is 0 Å². The number of likely N-dealkylation sites (N-methyl/N-ethyl adjacent to an activating group) is 1. The van der Waals surface area contributed by atoms with Crippen LogP contribution in [0.25, 0.3) is 0 Å². The summed E-state index contributed by atoms with van der Waals surface area (Å²) in [5, 5.41) is 7.25. The summed E-state index contributed by atoms with van der Waals surface area (Å²) in [5.41, 5.74) is 2.47. The molecule has 1 heterocycles. The Morgan fingerprint density at radius 1 is 1.36 bits per heavy atom. The lowest BCUT2D eigenvalue weighted by Gasteiger charge is -2.24. The van der Waals surface area contributed by atoms with Gasteiger partial charge in [-0.15, -0.1) is 0 Å². The van der Waals surface area contributed by atoms with Crippen molar-refractivity contribution in [2.24, 2.45) is 7.05 Å². The largest absolute Gasteiger partial charge is 0.492 e. The standard InChI is InChI=1S/C18H25FN4O2/c1-12-17(13(2)23(5)21-12)20-18(24)14(3)22(4)10-11-25-16-8-6-15(19)7-9-16/h6-9,14H,10-11H2,1-5H3,(H,20,24). The first-order valence-corrected chi connectivity index (χ1v) is 8.19. The molecule has 25 heavy (non-hydrogen) atoms. The average molecular weight is 348 g/mol. The Bertz CT molecular complexity index is 727. The third kappa shape index (κ3) is 4.79. The highest BCUT2D eigenvalue weighted by molar-refractivity contribution is 5.95. The van der Waals surface area contributed by atoms with Crippen LogP contribution >= 0.6 is 0 Å². The van der Waals surface area contributed by atoms with Gasteiger partial charge in [-0.2, -0.15) is 5.10 Å². The molecule has 0 aliphatic carbocycles. The molecule has 0 aliphatic rings. The number of aryl methyl sites for hydroxylation is 2. The first kappa shape index (κ1) is 18.9. The van der Waals surface area contributed by atoms with Crippen molar-refractivity contribution in [1.82, 2.24) is 14.7 Å².